The van der Waals surface area contributed by atoms with Crippen LogP contribution in [0.15, 0.2) is 24.3 Å². The van der Waals surface area contributed by atoms with Gasteiger partial charge >= 0.3 is 11.9 Å². The van der Waals surface area contributed by atoms with Crippen LogP contribution in [0, 0.1) is 57.2 Å². The summed E-state index contributed by atoms with van der Waals surface area (Å²) in [6.45, 7) is 15.9. The molecule has 0 aromatic heterocycles. The van der Waals surface area contributed by atoms with Crippen LogP contribution in [-0.4, -0.2) is 42.3 Å². The van der Waals surface area contributed by atoms with E-state index in [4.69, 9.17) is 9.47 Å². The van der Waals surface area contributed by atoms with Crippen LogP contribution in [-0.2, 0) is 37.7 Å². The fraction of sp³-hybridized carbons (Fsp3) is 0.765. The van der Waals surface area contributed by atoms with Gasteiger partial charge in [-0.3, -0.25) is 19.2 Å². The molecule has 4 fully saturated rings. The number of phosphoric ester groups is 1. The quantitative estimate of drug-likeness (QED) is 0.192. The first-order valence-electron chi connectivity index (χ1n) is 16.2. The maximum Gasteiger partial charge on any atom is 0.303 e. The summed E-state index contributed by atoms with van der Waals surface area (Å²) in [5.41, 5.74) is -0.580. The summed E-state index contributed by atoms with van der Waals surface area (Å²) < 4.78 is 27.2. The zero-order valence-electron chi connectivity index (χ0n) is 27.5. The minimum Gasteiger partial charge on any atom is -0.790 e. The summed E-state index contributed by atoms with van der Waals surface area (Å²) in [4.78, 5) is 73.5. The number of phosphoric acid groups is 1. The topological polar surface area (TPSA) is 159 Å². The molecule has 0 saturated heterocycles. The van der Waals surface area contributed by atoms with E-state index in [2.05, 4.69) is 37.9 Å². The molecule has 0 heterocycles. The number of allylic oxidation sites excluding steroid dienone is 2. The van der Waals surface area contributed by atoms with Crippen molar-refractivity contribution in [1.82, 2.24) is 0 Å². The Morgan fingerprint density at radius 3 is 2.36 bits per heavy atom. The summed E-state index contributed by atoms with van der Waals surface area (Å²) in [5.74, 6) is -2.55. The number of hydrogen-bond acceptors (Lipinski definition) is 10. The van der Waals surface area contributed by atoms with Gasteiger partial charge in [0.25, 0.3) is 0 Å². The molecular weight excluding hydrogens is 599 g/mol. The van der Waals surface area contributed by atoms with E-state index >= 15 is 0 Å². The number of rotatable bonds is 10. The second-order valence-corrected chi connectivity index (χ2v) is 16.4. The highest BCUT2D eigenvalue weighted by atomic mass is 31.2. The van der Waals surface area contributed by atoms with Crippen molar-refractivity contribution in [1.29, 1.82) is 0 Å². The van der Waals surface area contributed by atoms with Crippen molar-refractivity contribution in [3.63, 3.8) is 0 Å². The fourth-order valence-electron chi connectivity index (χ4n) is 11.1. The van der Waals surface area contributed by atoms with Gasteiger partial charge in [-0.2, -0.15) is 0 Å². The Kier molecular flexibility index (Phi) is 8.55. The summed E-state index contributed by atoms with van der Waals surface area (Å²) in [6.07, 6.45) is 7.61. The Hall–Kier alpha value is -2.13. The Morgan fingerprint density at radius 1 is 1.09 bits per heavy atom. The first kappa shape index (κ1) is 34.2. The number of carbonyl (C=O) groups is 4. The van der Waals surface area contributed by atoms with E-state index in [-0.39, 0.29) is 44.9 Å². The number of esters is 2. The Balaban J connectivity index is 1.49. The van der Waals surface area contributed by atoms with E-state index in [0.29, 0.717) is 18.3 Å². The summed E-state index contributed by atoms with van der Waals surface area (Å²) >= 11 is 0. The molecule has 2 unspecified atom stereocenters. The average molecular weight is 647 g/mol. The predicted molar refractivity (Wildman–Crippen MR) is 160 cm³/mol. The van der Waals surface area contributed by atoms with Crippen molar-refractivity contribution in [3.05, 3.63) is 24.3 Å². The van der Waals surface area contributed by atoms with Gasteiger partial charge in [-0.05, 0) is 83.7 Å². The smallest absolute Gasteiger partial charge is 0.303 e. The lowest BCUT2D eigenvalue weighted by molar-refractivity contribution is -0.342. The van der Waals surface area contributed by atoms with Crippen molar-refractivity contribution in [2.24, 2.45) is 57.2 Å². The van der Waals surface area contributed by atoms with Crippen LogP contribution in [0.1, 0.15) is 87.0 Å². The molecule has 0 amide bonds. The Labute approximate surface area is 265 Å². The summed E-state index contributed by atoms with van der Waals surface area (Å²) in [5, 5.41) is 0. The molecule has 11 heteroatoms. The van der Waals surface area contributed by atoms with Gasteiger partial charge in [0.1, 0.15) is 6.10 Å². The maximum absolute atomic E-state index is 13.9. The molecule has 2 spiro atoms. The minimum absolute atomic E-state index is 0.00666. The van der Waals surface area contributed by atoms with Gasteiger partial charge in [-0.15, -0.1) is 0 Å². The fourth-order valence-corrected chi connectivity index (χ4v) is 11.5. The van der Waals surface area contributed by atoms with Gasteiger partial charge in [0, 0.05) is 37.5 Å². The van der Waals surface area contributed by atoms with E-state index < -0.39 is 56.2 Å². The highest BCUT2D eigenvalue weighted by Gasteiger charge is 2.81. The predicted octanol–water partition coefficient (Wildman–Crippen LogP) is 4.10. The van der Waals surface area contributed by atoms with Crippen molar-refractivity contribution < 1.29 is 47.5 Å². The van der Waals surface area contributed by atoms with Crippen LogP contribution in [0.4, 0.5) is 0 Å². The molecule has 10 nitrogen and oxygen atoms in total. The number of hydrogen-bond donors (Lipinski definition) is 0. The molecule has 0 N–H and O–H groups in total. The second kappa shape index (κ2) is 11.2. The van der Waals surface area contributed by atoms with Gasteiger partial charge in [-0.25, -0.2) is 0 Å². The highest BCUT2D eigenvalue weighted by molar-refractivity contribution is 7.43. The van der Waals surface area contributed by atoms with E-state index in [9.17, 15) is 33.5 Å². The third kappa shape index (κ3) is 5.22. The maximum atomic E-state index is 13.9. The monoisotopic (exact) mass is 646 g/mol. The summed E-state index contributed by atoms with van der Waals surface area (Å²) in [7, 11) is -5.26. The Bertz CT molecular complexity index is 1380. The van der Waals surface area contributed by atoms with Gasteiger partial charge in [0.2, 0.25) is 0 Å². The van der Waals surface area contributed by atoms with Crippen molar-refractivity contribution in [3.8, 4) is 0 Å². The molecule has 0 aliphatic heterocycles. The van der Waals surface area contributed by atoms with Crippen LogP contribution in [0.2, 0.25) is 0 Å². The molecule has 5 aliphatic carbocycles. The molecule has 4 saturated carbocycles. The lowest BCUT2D eigenvalue weighted by Crippen LogP contribution is -2.56. The lowest BCUT2D eigenvalue weighted by Gasteiger charge is -2.61. The molecule has 0 aromatic rings. The van der Waals surface area contributed by atoms with E-state index in [0.717, 1.165) is 32.1 Å². The molecule has 45 heavy (non-hydrogen) atoms. The van der Waals surface area contributed by atoms with Crippen molar-refractivity contribution in [2.75, 3.05) is 6.61 Å². The third-order valence-corrected chi connectivity index (χ3v) is 13.8. The molecule has 0 radical (unpaired) electrons. The Morgan fingerprint density at radius 2 is 1.76 bits per heavy atom. The highest BCUT2D eigenvalue weighted by Crippen LogP contribution is 2.87. The van der Waals surface area contributed by atoms with Crippen molar-refractivity contribution in [2.45, 2.75) is 99.2 Å². The lowest BCUT2D eigenvalue weighted by atomic mass is 9.43. The van der Waals surface area contributed by atoms with Gasteiger partial charge in [0.05, 0.1) is 14.4 Å². The first-order valence-corrected chi connectivity index (χ1v) is 17.7. The SMILES string of the molecule is C=C(C(=O)[C@H](OC(C)=O)[C@@H](C)[C@H]1[C@@H](OC(C)=O)C[C@@]2(C)C3CCC4[C@H](C)C(=O)C=C[C@@]45C[C@@]35CC[C@]12C)[C@@H](C)COP(=O)([O-])[O-]. The number of fused-ring (bicyclic) bond motifs is 2. The molecule has 0 aromatic carbocycles. The van der Waals surface area contributed by atoms with Crippen LogP contribution in [0.3, 0.4) is 0 Å². The van der Waals surface area contributed by atoms with Crippen LogP contribution >= 0.6 is 7.82 Å². The van der Waals surface area contributed by atoms with Gasteiger partial charge in [0.15, 0.2) is 17.7 Å². The normalized spacial score (nSPS) is 41.8. The van der Waals surface area contributed by atoms with Gasteiger partial charge in [-0.1, -0.05) is 47.3 Å². The summed E-state index contributed by atoms with van der Waals surface area (Å²) in [6, 6.07) is 0. The molecule has 5 aliphatic rings. The number of carbonyl (C=O) groups excluding carboxylic acids is 4. The van der Waals surface area contributed by atoms with Crippen LogP contribution in [0.25, 0.3) is 0 Å². The second-order valence-electron chi connectivity index (χ2n) is 15.3. The first-order chi connectivity index (χ1) is 20.7. The van der Waals surface area contributed by atoms with E-state index in [1.807, 2.05) is 6.92 Å². The number of ether oxygens (including phenoxy) is 2. The number of Topliss-reactive ketones (excluding diaryl/α,β-unsaturated/α-hetero) is 1. The van der Waals surface area contributed by atoms with Crippen LogP contribution in [0.5, 0.6) is 0 Å². The molecule has 5 rings (SSSR count). The zero-order chi connectivity index (χ0) is 33.5. The number of ketones is 2. The van der Waals surface area contributed by atoms with E-state index in [1.165, 1.54) is 20.8 Å². The van der Waals surface area contributed by atoms with Gasteiger partial charge < -0.3 is 28.3 Å². The van der Waals surface area contributed by atoms with Crippen molar-refractivity contribution >= 4 is 31.3 Å². The minimum atomic E-state index is -5.26. The standard InChI is InChI=1S/C34H49O10P/c1-18(16-42-45(39,40)41)19(2)29(38)30(44-23(6)36)21(4)28-26(43-22(5)35)15-32(8)27-10-9-24-20(3)25(37)11-12-33(24)17-34(27,33)14-13-31(28,32)7/h11-12,18,20-21,24,26-28,30H,2,9-10,13-17H2,1,3-8H3,(H2,39,40,41)/p-2/t18-,20-,21-,24?,26-,27?,28-,30+,31+,32-,33+,34-/m0/s1. The van der Waals surface area contributed by atoms with E-state index in [1.54, 1.807) is 6.08 Å². The zero-order valence-corrected chi connectivity index (χ0v) is 28.4. The third-order valence-electron chi connectivity index (χ3n) is 13.3. The van der Waals surface area contributed by atoms with Crippen LogP contribution < -0.4 is 9.79 Å². The molecule has 0 bridgehead atoms. The molecular formula is C34H47O10P-2. The average Bonchev–Trinajstić information content (AvgIpc) is 3.55. The largest absolute Gasteiger partial charge is 0.790 e. The molecule has 12 atom stereocenters. The molecule has 250 valence electrons.